The van der Waals surface area contributed by atoms with Gasteiger partial charge in [0.2, 0.25) is 0 Å². The molecule has 92 valence electrons. The van der Waals surface area contributed by atoms with E-state index in [1.54, 1.807) is 25.4 Å². The van der Waals surface area contributed by atoms with Gasteiger partial charge in [0.05, 0.1) is 0 Å². The van der Waals surface area contributed by atoms with Gasteiger partial charge in [-0.05, 0) is 48.7 Å². The summed E-state index contributed by atoms with van der Waals surface area (Å²) in [5.74, 6) is -0.271. The van der Waals surface area contributed by atoms with E-state index in [0.29, 0.717) is 24.0 Å². The lowest BCUT2D eigenvalue weighted by molar-refractivity contribution is 0.0982. The molecule has 1 aromatic carbocycles. The van der Waals surface area contributed by atoms with Gasteiger partial charge in [-0.1, -0.05) is 6.07 Å². The van der Waals surface area contributed by atoms with Crippen LogP contribution in [0.5, 0.6) is 0 Å². The largest absolute Gasteiger partial charge is 0.294 e. The number of aromatic nitrogens is 1. The molecule has 18 heavy (non-hydrogen) atoms. The van der Waals surface area contributed by atoms with Crippen molar-refractivity contribution in [2.45, 2.75) is 19.8 Å². The maximum Gasteiger partial charge on any atom is 0.163 e. The van der Waals surface area contributed by atoms with Crippen molar-refractivity contribution in [2.75, 3.05) is 0 Å². The molecule has 0 bridgehead atoms. The lowest BCUT2D eigenvalue weighted by atomic mass is 10.00. The van der Waals surface area contributed by atoms with E-state index < -0.39 is 0 Å². The van der Waals surface area contributed by atoms with Crippen molar-refractivity contribution >= 4 is 5.78 Å². The minimum absolute atomic E-state index is 0.0383. The highest BCUT2D eigenvalue weighted by atomic mass is 19.1. The Bertz CT molecular complexity index is 552. The van der Waals surface area contributed by atoms with Crippen LogP contribution in [0.3, 0.4) is 0 Å². The number of hydrogen-bond acceptors (Lipinski definition) is 2. The summed E-state index contributed by atoms with van der Waals surface area (Å²) in [5.41, 5.74) is 2.32. The van der Waals surface area contributed by atoms with Crippen LogP contribution in [0.2, 0.25) is 0 Å². The number of benzene rings is 1. The van der Waals surface area contributed by atoms with Crippen LogP contribution in [0.25, 0.3) is 0 Å². The molecule has 0 saturated carbocycles. The van der Waals surface area contributed by atoms with E-state index >= 15 is 0 Å². The van der Waals surface area contributed by atoms with Crippen LogP contribution in [-0.4, -0.2) is 10.8 Å². The molecule has 0 aliphatic carbocycles. The summed E-state index contributed by atoms with van der Waals surface area (Å²) in [4.78, 5) is 16.0. The van der Waals surface area contributed by atoms with Crippen molar-refractivity contribution in [3.63, 3.8) is 0 Å². The monoisotopic (exact) mass is 243 g/mol. The molecule has 0 saturated heterocycles. The SMILES string of the molecule is Cc1cc(F)ccc1C(=O)CCc1cccnc1. The van der Waals surface area contributed by atoms with Crippen molar-refractivity contribution in [3.05, 3.63) is 65.2 Å². The molecular formula is C15H14FNO. The van der Waals surface area contributed by atoms with E-state index in [1.807, 2.05) is 12.1 Å². The molecule has 0 radical (unpaired) electrons. The van der Waals surface area contributed by atoms with E-state index in [-0.39, 0.29) is 11.6 Å². The van der Waals surface area contributed by atoms with Gasteiger partial charge >= 0.3 is 0 Å². The molecule has 2 nitrogen and oxygen atoms in total. The van der Waals surface area contributed by atoms with Gasteiger partial charge in [-0.2, -0.15) is 0 Å². The molecule has 0 atom stereocenters. The fourth-order valence-corrected chi connectivity index (χ4v) is 1.88. The molecule has 0 fully saturated rings. The van der Waals surface area contributed by atoms with E-state index in [4.69, 9.17) is 0 Å². The number of aryl methyl sites for hydroxylation is 2. The minimum atomic E-state index is -0.309. The van der Waals surface area contributed by atoms with Gasteiger partial charge in [0, 0.05) is 24.4 Å². The molecule has 1 aromatic heterocycles. The topological polar surface area (TPSA) is 30.0 Å². The third-order valence-electron chi connectivity index (χ3n) is 2.85. The fourth-order valence-electron chi connectivity index (χ4n) is 1.88. The standard InChI is InChI=1S/C15H14FNO/c1-11-9-13(16)5-6-14(11)15(18)7-4-12-3-2-8-17-10-12/h2-3,5-6,8-10H,4,7H2,1H3. The second kappa shape index (κ2) is 5.54. The highest BCUT2D eigenvalue weighted by Gasteiger charge is 2.09. The molecule has 0 amide bonds. The molecular weight excluding hydrogens is 229 g/mol. The van der Waals surface area contributed by atoms with Crippen LogP contribution in [0.15, 0.2) is 42.7 Å². The molecule has 0 spiro atoms. The predicted molar refractivity (Wildman–Crippen MR) is 68.0 cm³/mol. The van der Waals surface area contributed by atoms with Gasteiger partial charge < -0.3 is 0 Å². The summed E-state index contributed by atoms with van der Waals surface area (Å²) < 4.78 is 12.9. The molecule has 2 aromatic rings. The number of pyridine rings is 1. The average molecular weight is 243 g/mol. The second-order valence-electron chi connectivity index (χ2n) is 4.24. The summed E-state index contributed by atoms with van der Waals surface area (Å²) in [6, 6.07) is 8.05. The van der Waals surface area contributed by atoms with Crippen LogP contribution < -0.4 is 0 Å². The first-order chi connectivity index (χ1) is 8.66. The van der Waals surface area contributed by atoms with E-state index in [1.165, 1.54) is 12.1 Å². The molecule has 0 aliphatic heterocycles. The third kappa shape index (κ3) is 3.00. The maximum absolute atomic E-state index is 12.9. The number of ketones is 1. The van der Waals surface area contributed by atoms with E-state index in [0.717, 1.165) is 5.56 Å². The molecule has 1 heterocycles. The quantitative estimate of drug-likeness (QED) is 0.771. The van der Waals surface area contributed by atoms with Gasteiger partial charge in [-0.15, -0.1) is 0 Å². The predicted octanol–water partition coefficient (Wildman–Crippen LogP) is 3.34. The first-order valence-electron chi connectivity index (χ1n) is 5.85. The number of halogens is 1. The first kappa shape index (κ1) is 12.4. The van der Waals surface area contributed by atoms with Crippen LogP contribution in [0.1, 0.15) is 27.9 Å². The Morgan fingerprint density at radius 2 is 2.17 bits per heavy atom. The summed E-state index contributed by atoms with van der Waals surface area (Å²) in [6.45, 7) is 1.75. The number of carbonyl (C=O) groups is 1. The van der Waals surface area contributed by atoms with Gasteiger partial charge in [-0.3, -0.25) is 9.78 Å². The van der Waals surface area contributed by atoms with Gasteiger partial charge in [0.1, 0.15) is 5.82 Å². The Morgan fingerprint density at radius 3 is 2.83 bits per heavy atom. The number of nitrogens with zero attached hydrogens (tertiary/aromatic N) is 1. The van der Waals surface area contributed by atoms with Crippen molar-refractivity contribution in [3.8, 4) is 0 Å². The number of hydrogen-bond donors (Lipinski definition) is 0. The Labute approximate surface area is 105 Å². The van der Waals surface area contributed by atoms with Crippen LogP contribution in [0, 0.1) is 12.7 Å². The Balaban J connectivity index is 2.04. The fraction of sp³-hybridized carbons (Fsp3) is 0.200. The number of Topliss-reactive ketones (excluding diaryl/α,β-unsaturated/α-hetero) is 1. The lowest BCUT2D eigenvalue weighted by Crippen LogP contribution is -2.04. The van der Waals surface area contributed by atoms with Crippen LogP contribution in [0.4, 0.5) is 4.39 Å². The first-order valence-corrected chi connectivity index (χ1v) is 5.85. The molecule has 0 N–H and O–H groups in total. The van der Waals surface area contributed by atoms with E-state index in [9.17, 15) is 9.18 Å². The number of carbonyl (C=O) groups excluding carboxylic acids is 1. The van der Waals surface area contributed by atoms with Crippen molar-refractivity contribution < 1.29 is 9.18 Å². The minimum Gasteiger partial charge on any atom is -0.294 e. The summed E-state index contributed by atoms with van der Waals surface area (Å²) in [7, 11) is 0. The van der Waals surface area contributed by atoms with Gasteiger partial charge in [-0.25, -0.2) is 4.39 Å². The summed E-state index contributed by atoms with van der Waals surface area (Å²) in [6.07, 6.45) is 4.53. The zero-order chi connectivity index (χ0) is 13.0. The molecule has 0 unspecified atom stereocenters. The summed E-state index contributed by atoms with van der Waals surface area (Å²) >= 11 is 0. The maximum atomic E-state index is 12.9. The zero-order valence-corrected chi connectivity index (χ0v) is 10.2. The molecule has 0 aliphatic rings. The summed E-state index contributed by atoms with van der Waals surface area (Å²) in [5, 5.41) is 0. The lowest BCUT2D eigenvalue weighted by Gasteiger charge is -2.05. The Morgan fingerprint density at radius 1 is 1.33 bits per heavy atom. The average Bonchev–Trinajstić information content (AvgIpc) is 2.37. The molecule has 3 heteroatoms. The third-order valence-corrected chi connectivity index (χ3v) is 2.85. The normalized spacial score (nSPS) is 10.3. The Kier molecular flexibility index (Phi) is 3.82. The zero-order valence-electron chi connectivity index (χ0n) is 10.2. The Hall–Kier alpha value is -2.03. The van der Waals surface area contributed by atoms with Crippen molar-refractivity contribution in [1.29, 1.82) is 0 Å². The van der Waals surface area contributed by atoms with Crippen molar-refractivity contribution in [1.82, 2.24) is 4.98 Å². The second-order valence-corrected chi connectivity index (χ2v) is 4.24. The van der Waals surface area contributed by atoms with Crippen LogP contribution in [-0.2, 0) is 6.42 Å². The molecule has 2 rings (SSSR count). The highest BCUT2D eigenvalue weighted by molar-refractivity contribution is 5.97. The van der Waals surface area contributed by atoms with E-state index in [2.05, 4.69) is 4.98 Å². The van der Waals surface area contributed by atoms with Gasteiger partial charge in [0.25, 0.3) is 0 Å². The highest BCUT2D eigenvalue weighted by Crippen LogP contribution is 2.13. The van der Waals surface area contributed by atoms with Crippen LogP contribution >= 0.6 is 0 Å². The van der Waals surface area contributed by atoms with Gasteiger partial charge in [0.15, 0.2) is 5.78 Å². The smallest absolute Gasteiger partial charge is 0.163 e. The number of rotatable bonds is 4. The van der Waals surface area contributed by atoms with Crippen molar-refractivity contribution in [2.24, 2.45) is 0 Å².